The third-order valence-electron chi connectivity index (χ3n) is 4.34. The highest BCUT2D eigenvalue weighted by Crippen LogP contribution is 2.23. The quantitative estimate of drug-likeness (QED) is 0.463. The van der Waals surface area contributed by atoms with Gasteiger partial charge in [-0.3, -0.25) is 9.97 Å². The molecule has 2 aromatic carbocycles. The van der Waals surface area contributed by atoms with Gasteiger partial charge in [0.05, 0.1) is 24.2 Å². The highest BCUT2D eigenvalue weighted by molar-refractivity contribution is 6.18. The van der Waals surface area contributed by atoms with Crippen LogP contribution >= 0.6 is 11.6 Å². The first-order chi connectivity index (χ1) is 12.4. The van der Waals surface area contributed by atoms with Crippen LogP contribution in [-0.4, -0.2) is 9.97 Å². The van der Waals surface area contributed by atoms with Gasteiger partial charge >= 0.3 is 0 Å². The van der Waals surface area contributed by atoms with Gasteiger partial charge in [0, 0.05) is 34.6 Å². The topological polar surface area (TPSA) is 35.0 Å². The minimum atomic E-state index is 0.479. The van der Waals surface area contributed by atoms with Crippen molar-refractivity contribution in [2.24, 2.45) is 0 Å². The van der Waals surface area contributed by atoms with Crippen molar-refractivity contribution in [1.82, 2.24) is 9.97 Å². The lowest BCUT2D eigenvalue weighted by Crippen LogP contribution is -1.98. The standard InChI is InChI=1S/C21H17ClN2O/c22-12-15-8-11-24-21-17(4-3-6-19(15)21)14-25-13-16-9-10-23-20-7-2-1-5-18(16)20/h1-11H,12-14H2. The van der Waals surface area contributed by atoms with Crippen LogP contribution in [0.15, 0.2) is 67.0 Å². The van der Waals surface area contributed by atoms with E-state index in [1.807, 2.05) is 42.6 Å². The summed E-state index contributed by atoms with van der Waals surface area (Å²) in [5.41, 5.74) is 5.25. The lowest BCUT2D eigenvalue weighted by molar-refractivity contribution is 0.108. The fraction of sp³-hybridized carbons (Fsp3) is 0.143. The average molecular weight is 349 g/mol. The number of fused-ring (bicyclic) bond motifs is 2. The predicted molar refractivity (Wildman–Crippen MR) is 102 cm³/mol. The van der Waals surface area contributed by atoms with Gasteiger partial charge in [0.15, 0.2) is 0 Å². The first-order valence-electron chi connectivity index (χ1n) is 8.18. The van der Waals surface area contributed by atoms with Crippen LogP contribution in [0.2, 0.25) is 0 Å². The Morgan fingerprint density at radius 1 is 0.720 bits per heavy atom. The van der Waals surface area contributed by atoms with Crippen LogP contribution in [0, 0.1) is 0 Å². The van der Waals surface area contributed by atoms with Crippen LogP contribution in [0.5, 0.6) is 0 Å². The first kappa shape index (κ1) is 16.0. The van der Waals surface area contributed by atoms with Crippen molar-refractivity contribution in [3.8, 4) is 0 Å². The molecule has 0 saturated heterocycles. The molecular weight excluding hydrogens is 332 g/mol. The molecule has 0 aliphatic heterocycles. The summed E-state index contributed by atoms with van der Waals surface area (Å²) >= 11 is 6.03. The van der Waals surface area contributed by atoms with Crippen molar-refractivity contribution >= 4 is 33.4 Å². The molecule has 0 aliphatic rings. The summed E-state index contributed by atoms with van der Waals surface area (Å²) in [6.07, 6.45) is 3.63. The molecule has 2 heterocycles. The van der Waals surface area contributed by atoms with Gasteiger partial charge in [-0.05, 0) is 29.3 Å². The molecule has 2 aromatic heterocycles. The molecule has 0 fully saturated rings. The van der Waals surface area contributed by atoms with Gasteiger partial charge in [-0.15, -0.1) is 11.6 Å². The number of para-hydroxylation sites is 2. The SMILES string of the molecule is ClCc1ccnc2c(COCc3ccnc4ccccc34)cccc12. The Morgan fingerprint density at radius 3 is 2.40 bits per heavy atom. The Kier molecular flexibility index (Phi) is 4.59. The summed E-state index contributed by atoms with van der Waals surface area (Å²) < 4.78 is 5.99. The lowest BCUT2D eigenvalue weighted by atomic mass is 10.1. The summed E-state index contributed by atoms with van der Waals surface area (Å²) in [5, 5.41) is 2.22. The highest BCUT2D eigenvalue weighted by atomic mass is 35.5. The number of nitrogens with zero attached hydrogens (tertiary/aromatic N) is 2. The van der Waals surface area contributed by atoms with Crippen LogP contribution in [0.1, 0.15) is 16.7 Å². The van der Waals surface area contributed by atoms with Crippen molar-refractivity contribution in [2.45, 2.75) is 19.1 Å². The number of ether oxygens (including phenoxy) is 1. The molecule has 0 N–H and O–H groups in total. The summed E-state index contributed by atoms with van der Waals surface area (Å²) in [5.74, 6) is 0.479. The zero-order valence-electron chi connectivity index (χ0n) is 13.7. The highest BCUT2D eigenvalue weighted by Gasteiger charge is 2.07. The fourth-order valence-electron chi connectivity index (χ4n) is 3.08. The zero-order chi connectivity index (χ0) is 17.1. The second-order valence-electron chi connectivity index (χ2n) is 5.90. The molecule has 4 heteroatoms. The Bertz CT molecular complexity index is 1030. The largest absolute Gasteiger partial charge is 0.372 e. The van der Waals surface area contributed by atoms with Crippen LogP contribution in [-0.2, 0) is 23.8 Å². The Balaban J connectivity index is 1.57. The van der Waals surface area contributed by atoms with E-state index in [-0.39, 0.29) is 0 Å². The van der Waals surface area contributed by atoms with E-state index < -0.39 is 0 Å². The second kappa shape index (κ2) is 7.18. The Hall–Kier alpha value is -2.49. The van der Waals surface area contributed by atoms with Crippen LogP contribution in [0.25, 0.3) is 21.8 Å². The molecule has 0 bridgehead atoms. The normalized spacial score (nSPS) is 11.2. The van der Waals surface area contributed by atoms with E-state index in [2.05, 4.69) is 28.2 Å². The first-order valence-corrected chi connectivity index (χ1v) is 8.72. The van der Waals surface area contributed by atoms with E-state index in [4.69, 9.17) is 16.3 Å². The monoisotopic (exact) mass is 348 g/mol. The van der Waals surface area contributed by atoms with E-state index in [9.17, 15) is 0 Å². The number of hydrogen-bond donors (Lipinski definition) is 0. The Morgan fingerprint density at radius 2 is 1.48 bits per heavy atom. The average Bonchev–Trinajstić information content (AvgIpc) is 2.68. The van der Waals surface area contributed by atoms with Crippen LogP contribution < -0.4 is 0 Å². The predicted octanol–water partition coefficient (Wildman–Crippen LogP) is 5.24. The number of benzene rings is 2. The molecule has 0 amide bonds. The maximum absolute atomic E-state index is 6.03. The minimum absolute atomic E-state index is 0.479. The maximum Gasteiger partial charge on any atom is 0.0760 e. The smallest absolute Gasteiger partial charge is 0.0760 e. The summed E-state index contributed by atoms with van der Waals surface area (Å²) in [6, 6.07) is 18.2. The maximum atomic E-state index is 6.03. The van der Waals surface area contributed by atoms with Gasteiger partial charge < -0.3 is 4.74 Å². The third-order valence-corrected chi connectivity index (χ3v) is 4.63. The third kappa shape index (κ3) is 3.21. The van der Waals surface area contributed by atoms with Gasteiger partial charge in [0.1, 0.15) is 0 Å². The van der Waals surface area contributed by atoms with E-state index in [0.717, 1.165) is 38.5 Å². The van der Waals surface area contributed by atoms with Crippen LogP contribution in [0.3, 0.4) is 0 Å². The zero-order valence-corrected chi connectivity index (χ0v) is 14.4. The minimum Gasteiger partial charge on any atom is -0.372 e. The molecule has 124 valence electrons. The van der Waals surface area contributed by atoms with Gasteiger partial charge in [-0.1, -0.05) is 36.4 Å². The van der Waals surface area contributed by atoms with E-state index >= 15 is 0 Å². The molecule has 0 unspecified atom stereocenters. The molecule has 4 aromatic rings. The lowest BCUT2D eigenvalue weighted by Gasteiger charge is -2.10. The van der Waals surface area contributed by atoms with Crippen LogP contribution in [0.4, 0.5) is 0 Å². The second-order valence-corrected chi connectivity index (χ2v) is 6.16. The number of aromatic nitrogens is 2. The molecular formula is C21H17ClN2O. The van der Waals surface area contributed by atoms with E-state index in [1.165, 1.54) is 0 Å². The molecule has 0 spiro atoms. The molecule has 0 atom stereocenters. The van der Waals surface area contributed by atoms with Crippen molar-refractivity contribution in [3.05, 3.63) is 83.7 Å². The van der Waals surface area contributed by atoms with Crippen molar-refractivity contribution in [1.29, 1.82) is 0 Å². The fourth-order valence-corrected chi connectivity index (χ4v) is 3.31. The van der Waals surface area contributed by atoms with Gasteiger partial charge in [-0.25, -0.2) is 0 Å². The molecule has 3 nitrogen and oxygen atoms in total. The van der Waals surface area contributed by atoms with Gasteiger partial charge in [0.25, 0.3) is 0 Å². The summed E-state index contributed by atoms with van der Waals surface area (Å²) in [7, 11) is 0. The molecule has 0 saturated carbocycles. The Labute approximate surface area is 151 Å². The number of pyridine rings is 2. The number of halogens is 1. The number of hydrogen-bond acceptors (Lipinski definition) is 3. The molecule has 4 rings (SSSR count). The van der Waals surface area contributed by atoms with Crippen molar-refractivity contribution in [3.63, 3.8) is 0 Å². The van der Waals surface area contributed by atoms with E-state index in [1.54, 1.807) is 6.20 Å². The van der Waals surface area contributed by atoms with Gasteiger partial charge in [-0.2, -0.15) is 0 Å². The number of rotatable bonds is 5. The van der Waals surface area contributed by atoms with Crippen molar-refractivity contribution < 1.29 is 4.74 Å². The van der Waals surface area contributed by atoms with Crippen molar-refractivity contribution in [2.75, 3.05) is 0 Å². The molecule has 0 radical (unpaired) electrons. The molecule has 25 heavy (non-hydrogen) atoms. The summed E-state index contributed by atoms with van der Waals surface area (Å²) in [4.78, 5) is 8.91. The van der Waals surface area contributed by atoms with Gasteiger partial charge in [0.2, 0.25) is 0 Å². The summed E-state index contributed by atoms with van der Waals surface area (Å²) in [6.45, 7) is 1.04. The molecule has 0 aliphatic carbocycles. The van der Waals surface area contributed by atoms with E-state index in [0.29, 0.717) is 19.1 Å². The number of alkyl halides is 1.